The summed E-state index contributed by atoms with van der Waals surface area (Å²) in [5, 5.41) is 0.514. The summed E-state index contributed by atoms with van der Waals surface area (Å²) >= 11 is 5.02. The quantitative estimate of drug-likeness (QED) is 0.436. The van der Waals surface area contributed by atoms with Crippen LogP contribution in [0.2, 0.25) is 0 Å². The van der Waals surface area contributed by atoms with Gasteiger partial charge in [-0.3, -0.25) is 4.79 Å². The van der Waals surface area contributed by atoms with E-state index in [2.05, 4.69) is 16.1 Å². The molecule has 0 unspecified atom stereocenters. The largest absolute Gasteiger partial charge is 0.445 e. The number of rotatable bonds is 1. The van der Waals surface area contributed by atoms with Crippen molar-refractivity contribution in [1.82, 2.24) is 0 Å². The van der Waals surface area contributed by atoms with E-state index < -0.39 is 0 Å². The lowest BCUT2D eigenvalue weighted by Crippen LogP contribution is -1.87. The summed E-state index contributed by atoms with van der Waals surface area (Å²) in [6.45, 7) is 4.48. The Morgan fingerprint density at radius 3 is 2.40 bits per heavy atom. The van der Waals surface area contributed by atoms with E-state index in [-0.39, 0.29) is 5.97 Å². The Morgan fingerprint density at radius 2 is 2.40 bits per heavy atom. The first-order valence-electron chi connectivity index (χ1n) is 2.47. The van der Waals surface area contributed by atoms with Crippen LogP contribution >= 0.6 is 11.6 Å². The molecule has 0 aromatic rings. The third-order valence-corrected chi connectivity index (χ3v) is 0.634. The molecule has 56 valence electrons. The molecule has 1 rings (SSSR count). The molecule has 0 saturated carbocycles. The highest BCUT2D eigenvalue weighted by molar-refractivity contribution is 6.29. The van der Waals surface area contributed by atoms with Crippen LogP contribution in [0, 0.1) is 0 Å². The predicted molar refractivity (Wildman–Crippen MR) is 37.0 cm³/mol. The Kier molecular flexibility index (Phi) is 4.41. The van der Waals surface area contributed by atoms with Gasteiger partial charge in [-0.25, -0.2) is 0 Å². The van der Waals surface area contributed by atoms with Crippen molar-refractivity contribution in [1.29, 1.82) is 0 Å². The van der Waals surface area contributed by atoms with E-state index in [4.69, 9.17) is 11.6 Å². The number of hydrogen-bond acceptors (Lipinski definition) is 3. The molecular formula is C6H7ClO3. The maximum atomic E-state index is 9.75. The Morgan fingerprint density at radius 1 is 2.00 bits per heavy atom. The van der Waals surface area contributed by atoms with Gasteiger partial charge in [0.2, 0.25) is 5.22 Å². The van der Waals surface area contributed by atoms with Gasteiger partial charge in [-0.15, -0.1) is 0 Å². The number of ether oxygens (including phenoxy) is 2. The minimum atomic E-state index is -0.329. The summed E-state index contributed by atoms with van der Waals surface area (Å²) in [5.74, 6) is -0.329. The zero-order valence-electron chi connectivity index (χ0n) is 5.46. The van der Waals surface area contributed by atoms with Crippen LogP contribution in [-0.2, 0) is 14.3 Å². The average molecular weight is 163 g/mol. The molecule has 0 amide bonds. The Labute approximate surface area is 63.9 Å². The van der Waals surface area contributed by atoms with Crippen LogP contribution in [-0.4, -0.2) is 5.97 Å². The third-order valence-electron chi connectivity index (χ3n) is 0.456. The molecular weight excluding hydrogens is 156 g/mol. The van der Waals surface area contributed by atoms with Gasteiger partial charge in [0, 0.05) is 6.92 Å². The van der Waals surface area contributed by atoms with Crippen LogP contribution < -0.4 is 0 Å². The van der Waals surface area contributed by atoms with Crippen molar-refractivity contribution < 1.29 is 14.3 Å². The van der Waals surface area contributed by atoms with Crippen LogP contribution in [0.5, 0.6) is 0 Å². The summed E-state index contributed by atoms with van der Waals surface area (Å²) in [4.78, 5) is 9.75. The molecule has 0 radical (unpaired) electrons. The molecule has 10 heavy (non-hydrogen) atoms. The lowest BCUT2D eigenvalue weighted by Gasteiger charge is -1.83. The summed E-state index contributed by atoms with van der Waals surface area (Å²) in [6.07, 6.45) is 2.57. The average Bonchev–Trinajstić information content (AvgIpc) is 2.52. The number of esters is 1. The maximum absolute atomic E-state index is 9.75. The fourth-order valence-electron chi connectivity index (χ4n) is 0.140. The molecule has 0 aliphatic carbocycles. The first kappa shape index (κ1) is 9.04. The Bertz CT molecular complexity index is 162. The summed E-state index contributed by atoms with van der Waals surface area (Å²) in [6, 6.07) is 0. The summed E-state index contributed by atoms with van der Waals surface area (Å²) in [7, 11) is 0. The molecule has 0 bridgehead atoms. The number of carbonyl (C=O) groups is 1. The second-order valence-electron chi connectivity index (χ2n) is 1.32. The second kappa shape index (κ2) is 4.88. The highest BCUT2D eigenvalue weighted by atomic mass is 35.5. The van der Waals surface area contributed by atoms with E-state index in [1.807, 2.05) is 0 Å². The van der Waals surface area contributed by atoms with Gasteiger partial charge in [0.15, 0.2) is 0 Å². The van der Waals surface area contributed by atoms with Crippen molar-refractivity contribution in [2.45, 2.75) is 6.92 Å². The van der Waals surface area contributed by atoms with Crippen LogP contribution in [0.3, 0.4) is 0 Å². The molecule has 0 atom stereocenters. The van der Waals surface area contributed by atoms with Crippen LogP contribution in [0.1, 0.15) is 6.92 Å². The van der Waals surface area contributed by atoms with E-state index >= 15 is 0 Å². The van der Waals surface area contributed by atoms with Gasteiger partial charge in [0.1, 0.15) is 6.26 Å². The highest BCUT2D eigenvalue weighted by Crippen LogP contribution is 2.15. The minimum Gasteiger partial charge on any atom is -0.445 e. The first-order valence-corrected chi connectivity index (χ1v) is 2.85. The van der Waals surface area contributed by atoms with Gasteiger partial charge in [0.25, 0.3) is 0 Å². The highest BCUT2D eigenvalue weighted by Gasteiger charge is 2.00. The lowest BCUT2D eigenvalue weighted by atomic mass is 10.8. The molecule has 0 aromatic carbocycles. The third kappa shape index (κ3) is 10.1. The Balaban J connectivity index is 0.000000172. The molecule has 1 heterocycles. The van der Waals surface area contributed by atoms with Gasteiger partial charge in [-0.2, -0.15) is 0 Å². The molecule has 0 spiro atoms. The van der Waals surface area contributed by atoms with Crippen molar-refractivity contribution in [2.24, 2.45) is 0 Å². The molecule has 1 aliphatic rings. The van der Waals surface area contributed by atoms with E-state index in [0.717, 1.165) is 6.26 Å². The predicted octanol–water partition coefficient (Wildman–Crippen LogP) is 1.75. The van der Waals surface area contributed by atoms with Crippen LogP contribution in [0.4, 0.5) is 0 Å². The van der Waals surface area contributed by atoms with Crippen molar-refractivity contribution in [2.75, 3.05) is 0 Å². The van der Waals surface area contributed by atoms with Crippen molar-refractivity contribution in [3.05, 3.63) is 24.3 Å². The fourth-order valence-corrected chi connectivity index (χ4v) is 0.184. The molecule has 0 fully saturated rings. The van der Waals surface area contributed by atoms with Gasteiger partial charge < -0.3 is 9.47 Å². The normalized spacial score (nSPS) is 11.2. The molecule has 4 heteroatoms. The second-order valence-corrected chi connectivity index (χ2v) is 1.69. The number of hydrogen-bond donors (Lipinski definition) is 0. The van der Waals surface area contributed by atoms with E-state index in [0.29, 0.717) is 5.22 Å². The Hall–Kier alpha value is -0.960. The lowest BCUT2D eigenvalue weighted by molar-refractivity contribution is -0.135. The van der Waals surface area contributed by atoms with E-state index in [1.54, 1.807) is 0 Å². The molecule has 0 N–H and O–H groups in total. The number of halogens is 1. The molecule has 0 saturated heterocycles. The first-order chi connectivity index (χ1) is 4.66. The smallest absolute Gasteiger partial charge is 0.307 e. The summed E-state index contributed by atoms with van der Waals surface area (Å²) < 4.78 is 8.43. The van der Waals surface area contributed by atoms with Crippen molar-refractivity contribution >= 4 is 17.6 Å². The number of carbonyl (C=O) groups excluding carboxylic acids is 1. The van der Waals surface area contributed by atoms with Crippen LogP contribution in [0.15, 0.2) is 24.3 Å². The van der Waals surface area contributed by atoms with E-state index in [9.17, 15) is 4.79 Å². The zero-order chi connectivity index (χ0) is 7.98. The van der Waals surface area contributed by atoms with Crippen molar-refractivity contribution in [3.8, 4) is 0 Å². The van der Waals surface area contributed by atoms with E-state index in [1.165, 1.54) is 13.2 Å². The van der Waals surface area contributed by atoms with Gasteiger partial charge in [-0.05, 0) is 11.6 Å². The van der Waals surface area contributed by atoms with Gasteiger partial charge >= 0.3 is 5.97 Å². The SMILES string of the molecule is C=COC(C)=O.ClC1=CO1. The van der Waals surface area contributed by atoms with Gasteiger partial charge in [0.05, 0.1) is 6.26 Å². The standard InChI is InChI=1S/C4H6O2.C2HClO/c1-3-6-4(2)5;3-2-1-4-2/h3H,1H2,2H3;1H. The summed E-state index contributed by atoms with van der Waals surface area (Å²) in [5.41, 5.74) is 0. The molecule has 1 aliphatic heterocycles. The topological polar surface area (TPSA) is 38.8 Å². The fraction of sp³-hybridized carbons (Fsp3) is 0.167. The monoisotopic (exact) mass is 162 g/mol. The minimum absolute atomic E-state index is 0.329. The molecule has 0 aromatic heterocycles. The maximum Gasteiger partial charge on any atom is 0.307 e. The van der Waals surface area contributed by atoms with Gasteiger partial charge in [-0.1, -0.05) is 6.58 Å². The van der Waals surface area contributed by atoms with Crippen molar-refractivity contribution in [3.63, 3.8) is 0 Å². The molecule has 3 nitrogen and oxygen atoms in total. The van der Waals surface area contributed by atoms with Crippen LogP contribution in [0.25, 0.3) is 0 Å². The zero-order valence-corrected chi connectivity index (χ0v) is 6.22.